The van der Waals surface area contributed by atoms with Gasteiger partial charge in [-0.05, 0) is 12.1 Å². The average molecular weight is 453 g/mol. The van der Waals surface area contributed by atoms with Crippen molar-refractivity contribution in [3.05, 3.63) is 41.9 Å². The molecule has 0 unspecified atom stereocenters. The lowest BCUT2D eigenvalue weighted by Gasteiger charge is -2.35. The van der Waals surface area contributed by atoms with Crippen LogP contribution in [-0.2, 0) is 16.8 Å². The Hall–Kier alpha value is -2.90. The van der Waals surface area contributed by atoms with E-state index in [0.29, 0.717) is 44.1 Å². The van der Waals surface area contributed by atoms with Gasteiger partial charge in [0.15, 0.2) is 0 Å². The molecule has 3 rings (SSSR count). The molecule has 0 bridgehead atoms. The molecule has 11 nitrogen and oxygen atoms in total. The number of hydrogen-bond acceptors (Lipinski definition) is 8. The minimum absolute atomic E-state index is 0.0340. The van der Waals surface area contributed by atoms with Crippen LogP contribution in [0.4, 0.5) is 15.9 Å². The highest BCUT2D eigenvalue weighted by atomic mass is 32.2. The zero-order valence-corrected chi connectivity index (χ0v) is 18.1. The first kappa shape index (κ1) is 22.8. The Morgan fingerprint density at radius 1 is 1.19 bits per heavy atom. The summed E-state index contributed by atoms with van der Waals surface area (Å²) >= 11 is 0. The number of nitrogens with one attached hydrogen (secondary N) is 3. The van der Waals surface area contributed by atoms with Gasteiger partial charge in [-0.2, -0.15) is 17.5 Å². The highest BCUT2D eigenvalue weighted by Crippen LogP contribution is 2.20. The summed E-state index contributed by atoms with van der Waals surface area (Å²) in [7, 11) is -2.20. The fourth-order valence-corrected chi connectivity index (χ4v) is 4.04. The number of anilines is 2. The Bertz CT molecular complexity index is 1030. The van der Waals surface area contributed by atoms with Crippen LogP contribution in [-0.4, -0.2) is 73.9 Å². The number of piperazine rings is 1. The van der Waals surface area contributed by atoms with Crippen LogP contribution in [0.5, 0.6) is 0 Å². The smallest absolute Gasteiger partial charge is 0.300 e. The summed E-state index contributed by atoms with van der Waals surface area (Å²) in [6.45, 7) is 4.90. The topological polar surface area (TPSA) is 132 Å². The number of rotatable bonds is 8. The summed E-state index contributed by atoms with van der Waals surface area (Å²) in [5.41, 5.74) is 1.06. The van der Waals surface area contributed by atoms with Gasteiger partial charge in [0, 0.05) is 52.4 Å². The Morgan fingerprint density at radius 2 is 1.94 bits per heavy atom. The highest BCUT2D eigenvalue weighted by molar-refractivity contribution is 7.90. The van der Waals surface area contributed by atoms with Gasteiger partial charge < -0.3 is 10.2 Å². The summed E-state index contributed by atoms with van der Waals surface area (Å²) in [4.78, 5) is 27.5. The molecule has 3 N–H and O–H groups in total. The lowest BCUT2D eigenvalue weighted by Crippen LogP contribution is -2.46. The SMILES string of the molecule is CCNS(=O)(=O)Nc1cc(CN2CCN(c3ccc(C(=O)NC)nc3F)CC2)ncn1. The molecule has 168 valence electrons. The molecule has 0 atom stereocenters. The van der Waals surface area contributed by atoms with E-state index in [0.717, 1.165) is 0 Å². The predicted octanol–water partition coefficient (Wildman–Crippen LogP) is -0.0413. The van der Waals surface area contributed by atoms with Gasteiger partial charge in [-0.1, -0.05) is 6.92 Å². The molecular formula is C18H25FN8O3S. The van der Waals surface area contributed by atoms with Crippen molar-refractivity contribution in [1.82, 2.24) is 29.9 Å². The monoisotopic (exact) mass is 452 g/mol. The second-order valence-electron chi connectivity index (χ2n) is 6.85. The Kier molecular flexibility index (Phi) is 7.30. The molecule has 1 fully saturated rings. The van der Waals surface area contributed by atoms with Crippen LogP contribution in [0.15, 0.2) is 24.5 Å². The first-order valence-corrected chi connectivity index (χ1v) is 11.2. The molecule has 0 saturated carbocycles. The maximum absolute atomic E-state index is 14.4. The van der Waals surface area contributed by atoms with Crippen LogP contribution in [0.1, 0.15) is 23.1 Å². The molecule has 1 aliphatic rings. The van der Waals surface area contributed by atoms with Gasteiger partial charge in [0.1, 0.15) is 17.8 Å². The third kappa shape index (κ3) is 6.06. The molecule has 3 heterocycles. The largest absolute Gasteiger partial charge is 0.365 e. The van der Waals surface area contributed by atoms with E-state index < -0.39 is 22.1 Å². The van der Waals surface area contributed by atoms with Crippen molar-refractivity contribution in [3.8, 4) is 0 Å². The molecule has 0 aliphatic carbocycles. The van der Waals surface area contributed by atoms with Gasteiger partial charge in [-0.3, -0.25) is 14.4 Å². The van der Waals surface area contributed by atoms with Crippen molar-refractivity contribution in [3.63, 3.8) is 0 Å². The Balaban J connectivity index is 1.58. The third-order valence-electron chi connectivity index (χ3n) is 4.68. The zero-order chi connectivity index (χ0) is 22.4. The molecule has 0 radical (unpaired) electrons. The number of carbonyl (C=O) groups excluding carboxylic acids is 1. The van der Waals surface area contributed by atoms with Gasteiger partial charge in [-0.25, -0.2) is 15.0 Å². The maximum atomic E-state index is 14.4. The molecule has 1 amide bonds. The van der Waals surface area contributed by atoms with Crippen molar-refractivity contribution in [2.45, 2.75) is 13.5 Å². The number of nitrogens with zero attached hydrogens (tertiary/aromatic N) is 5. The standard InChI is InChI=1S/C18H25FN8O3S/c1-3-23-31(29,30)25-16-10-13(21-12-22-16)11-26-6-8-27(9-7-26)15-5-4-14(18(28)20-2)24-17(15)19/h4-5,10,12,23H,3,6-9,11H2,1-2H3,(H,20,28)(H,21,22,25). The molecule has 2 aromatic rings. The molecule has 1 aliphatic heterocycles. The second-order valence-corrected chi connectivity index (χ2v) is 8.35. The molecule has 1 saturated heterocycles. The molecule has 13 heteroatoms. The summed E-state index contributed by atoms with van der Waals surface area (Å²) in [6.07, 6.45) is 1.31. The number of pyridine rings is 1. The summed E-state index contributed by atoms with van der Waals surface area (Å²) in [5.74, 6) is -0.927. The fraction of sp³-hybridized carbons (Fsp3) is 0.444. The van der Waals surface area contributed by atoms with Gasteiger partial charge in [-0.15, -0.1) is 0 Å². The van der Waals surface area contributed by atoms with Crippen molar-refractivity contribution >= 4 is 27.6 Å². The Labute approximate surface area is 180 Å². The van der Waals surface area contributed by atoms with Crippen LogP contribution in [0.3, 0.4) is 0 Å². The van der Waals surface area contributed by atoms with Crippen LogP contribution in [0.2, 0.25) is 0 Å². The van der Waals surface area contributed by atoms with Gasteiger partial charge in [0.05, 0.1) is 11.4 Å². The van der Waals surface area contributed by atoms with E-state index in [-0.39, 0.29) is 18.1 Å². The Morgan fingerprint density at radius 3 is 2.58 bits per heavy atom. The zero-order valence-electron chi connectivity index (χ0n) is 17.3. The normalized spacial score (nSPS) is 15.0. The van der Waals surface area contributed by atoms with Crippen molar-refractivity contribution in [1.29, 1.82) is 0 Å². The first-order chi connectivity index (χ1) is 14.8. The summed E-state index contributed by atoms with van der Waals surface area (Å²) in [5, 5.41) is 2.42. The minimum atomic E-state index is -3.66. The van der Waals surface area contributed by atoms with E-state index in [1.807, 2.05) is 4.90 Å². The van der Waals surface area contributed by atoms with Crippen LogP contribution >= 0.6 is 0 Å². The number of hydrogen-bond donors (Lipinski definition) is 3. The number of amides is 1. The maximum Gasteiger partial charge on any atom is 0.300 e. The molecule has 2 aromatic heterocycles. The number of aromatic nitrogens is 3. The summed E-state index contributed by atoms with van der Waals surface area (Å²) in [6, 6.07) is 4.65. The van der Waals surface area contributed by atoms with E-state index in [9.17, 15) is 17.6 Å². The molecule has 0 aromatic carbocycles. The van der Waals surface area contributed by atoms with Crippen molar-refractivity contribution < 1.29 is 17.6 Å². The van der Waals surface area contributed by atoms with E-state index >= 15 is 0 Å². The highest BCUT2D eigenvalue weighted by Gasteiger charge is 2.22. The van der Waals surface area contributed by atoms with Gasteiger partial charge in [0.25, 0.3) is 16.1 Å². The van der Waals surface area contributed by atoms with E-state index in [2.05, 4.69) is 34.6 Å². The van der Waals surface area contributed by atoms with E-state index in [1.54, 1.807) is 19.1 Å². The van der Waals surface area contributed by atoms with Gasteiger partial charge >= 0.3 is 0 Å². The average Bonchev–Trinajstić information content (AvgIpc) is 2.73. The third-order valence-corrected chi connectivity index (χ3v) is 5.83. The molecule has 31 heavy (non-hydrogen) atoms. The van der Waals surface area contributed by atoms with E-state index in [1.165, 1.54) is 19.4 Å². The number of carbonyl (C=O) groups is 1. The van der Waals surface area contributed by atoms with Gasteiger partial charge in [0.2, 0.25) is 5.95 Å². The van der Waals surface area contributed by atoms with Crippen LogP contribution < -0.4 is 19.7 Å². The van der Waals surface area contributed by atoms with Crippen molar-refractivity contribution in [2.24, 2.45) is 0 Å². The molecular weight excluding hydrogens is 427 g/mol. The molecule has 0 spiro atoms. The van der Waals surface area contributed by atoms with Crippen LogP contribution in [0, 0.1) is 5.95 Å². The minimum Gasteiger partial charge on any atom is -0.365 e. The lowest BCUT2D eigenvalue weighted by atomic mass is 10.2. The predicted molar refractivity (Wildman–Crippen MR) is 113 cm³/mol. The van der Waals surface area contributed by atoms with Crippen LogP contribution in [0.25, 0.3) is 0 Å². The lowest BCUT2D eigenvalue weighted by molar-refractivity contribution is 0.0957. The number of halogens is 1. The quantitative estimate of drug-likeness (QED) is 0.475. The van der Waals surface area contributed by atoms with Crippen molar-refractivity contribution in [2.75, 3.05) is 49.4 Å². The first-order valence-electron chi connectivity index (χ1n) is 9.75. The summed E-state index contributed by atoms with van der Waals surface area (Å²) < 4.78 is 42.7. The van der Waals surface area contributed by atoms with E-state index in [4.69, 9.17) is 0 Å². The fourth-order valence-electron chi connectivity index (χ4n) is 3.20. The second kappa shape index (κ2) is 9.94.